The van der Waals surface area contributed by atoms with E-state index in [1.807, 2.05) is 36.4 Å². The molecule has 2 N–H and O–H groups in total. The van der Waals surface area contributed by atoms with E-state index in [0.717, 1.165) is 5.56 Å². The van der Waals surface area contributed by atoms with Crippen LogP contribution in [0.2, 0.25) is 0 Å². The smallest absolute Gasteiger partial charge is 0.257 e. The number of amides is 2. The number of thiazole rings is 1. The number of hydrogen-bond donors (Lipinski definition) is 2. The molecule has 1 aromatic heterocycles. The average molecular weight is 375 g/mol. The van der Waals surface area contributed by atoms with Crippen molar-refractivity contribution < 1.29 is 9.59 Å². The highest BCUT2D eigenvalue weighted by Gasteiger charge is 2.10. The van der Waals surface area contributed by atoms with Gasteiger partial charge in [0.25, 0.3) is 5.91 Å². The second-order valence-corrected chi connectivity index (χ2v) is 6.44. The molecule has 0 bridgehead atoms. The third-order valence-corrected chi connectivity index (χ3v) is 4.34. The maximum Gasteiger partial charge on any atom is 0.257 e. The molecule has 3 rings (SSSR count). The maximum atomic E-state index is 12.1. The Morgan fingerprint density at radius 2 is 1.70 bits per heavy atom. The van der Waals surface area contributed by atoms with Gasteiger partial charge < -0.3 is 5.32 Å². The molecule has 0 aliphatic carbocycles. The lowest BCUT2D eigenvalue weighted by molar-refractivity contribution is -0.120. The van der Waals surface area contributed by atoms with Gasteiger partial charge in [-0.25, -0.2) is 4.98 Å². The minimum Gasteiger partial charge on any atom is -0.345 e. The fourth-order valence-electron chi connectivity index (χ4n) is 2.24. The second kappa shape index (κ2) is 9.32. The highest BCUT2D eigenvalue weighted by Crippen LogP contribution is 2.16. The zero-order valence-electron chi connectivity index (χ0n) is 14.4. The Balaban J connectivity index is 1.47. The highest BCUT2D eigenvalue weighted by atomic mass is 32.1. The van der Waals surface area contributed by atoms with Gasteiger partial charge in [0.15, 0.2) is 5.13 Å². The second-order valence-electron chi connectivity index (χ2n) is 5.59. The first kappa shape index (κ1) is 18.4. The number of rotatable bonds is 5. The molecule has 0 atom stereocenters. The molecule has 0 unspecified atom stereocenters. The quantitative estimate of drug-likeness (QED) is 0.673. The molecule has 27 heavy (non-hydrogen) atoms. The lowest BCUT2D eigenvalue weighted by atomic mass is 10.2. The number of nitrogens with one attached hydrogen (secondary N) is 2. The zero-order valence-corrected chi connectivity index (χ0v) is 15.3. The molecule has 0 aliphatic rings. The van der Waals surface area contributed by atoms with Crippen LogP contribution in [-0.4, -0.2) is 23.3 Å². The van der Waals surface area contributed by atoms with Crippen LogP contribution in [0, 0.1) is 11.8 Å². The molecule has 134 valence electrons. The molecule has 0 saturated carbocycles. The SMILES string of the molecule is O=C(Cc1csc(NC(=O)c2ccccc2)n1)NCC#Cc1ccccc1. The van der Waals surface area contributed by atoms with E-state index in [4.69, 9.17) is 0 Å². The Bertz CT molecular complexity index is 973. The third-order valence-electron chi connectivity index (χ3n) is 3.53. The first-order valence-corrected chi connectivity index (χ1v) is 9.20. The lowest BCUT2D eigenvalue weighted by Gasteiger charge is -2.01. The Labute approximate surface area is 161 Å². The van der Waals surface area contributed by atoms with Crippen molar-refractivity contribution in [2.75, 3.05) is 11.9 Å². The van der Waals surface area contributed by atoms with E-state index in [9.17, 15) is 9.59 Å². The molecule has 0 fully saturated rings. The molecular weight excluding hydrogens is 358 g/mol. The van der Waals surface area contributed by atoms with Gasteiger partial charge in [-0.05, 0) is 24.3 Å². The molecule has 0 aliphatic heterocycles. The predicted octanol–water partition coefficient (Wildman–Crippen LogP) is 3.11. The van der Waals surface area contributed by atoms with Crippen LogP contribution < -0.4 is 10.6 Å². The van der Waals surface area contributed by atoms with E-state index in [1.54, 1.807) is 29.6 Å². The summed E-state index contributed by atoms with van der Waals surface area (Å²) >= 11 is 1.29. The van der Waals surface area contributed by atoms with E-state index in [2.05, 4.69) is 27.5 Å². The van der Waals surface area contributed by atoms with Gasteiger partial charge in [0.1, 0.15) is 0 Å². The average Bonchev–Trinajstić information content (AvgIpc) is 3.13. The van der Waals surface area contributed by atoms with Crippen LogP contribution in [0.3, 0.4) is 0 Å². The fourth-order valence-corrected chi connectivity index (χ4v) is 2.95. The van der Waals surface area contributed by atoms with Crippen molar-refractivity contribution in [3.63, 3.8) is 0 Å². The van der Waals surface area contributed by atoms with Crippen LogP contribution in [0.5, 0.6) is 0 Å². The number of anilines is 1. The molecule has 0 spiro atoms. The first-order valence-electron chi connectivity index (χ1n) is 8.32. The van der Waals surface area contributed by atoms with Gasteiger partial charge in [-0.2, -0.15) is 0 Å². The minimum atomic E-state index is -0.225. The van der Waals surface area contributed by atoms with Crippen molar-refractivity contribution in [2.24, 2.45) is 0 Å². The van der Waals surface area contributed by atoms with Crippen LogP contribution in [0.15, 0.2) is 66.0 Å². The van der Waals surface area contributed by atoms with Crippen LogP contribution >= 0.6 is 11.3 Å². The summed E-state index contributed by atoms with van der Waals surface area (Å²) in [6.45, 7) is 0.273. The number of carbonyl (C=O) groups excluding carboxylic acids is 2. The molecule has 6 heteroatoms. The first-order chi connectivity index (χ1) is 13.2. The van der Waals surface area contributed by atoms with E-state index in [1.165, 1.54) is 11.3 Å². The molecule has 0 radical (unpaired) electrons. The Kier molecular flexibility index (Phi) is 6.34. The minimum absolute atomic E-state index is 0.144. The van der Waals surface area contributed by atoms with Gasteiger partial charge in [-0.15, -0.1) is 11.3 Å². The van der Waals surface area contributed by atoms with E-state index in [0.29, 0.717) is 16.4 Å². The monoisotopic (exact) mass is 375 g/mol. The van der Waals surface area contributed by atoms with Crippen molar-refractivity contribution in [1.29, 1.82) is 0 Å². The van der Waals surface area contributed by atoms with Crippen LogP contribution in [0.25, 0.3) is 0 Å². The normalized spacial score (nSPS) is 9.78. The van der Waals surface area contributed by atoms with Crippen LogP contribution in [0.1, 0.15) is 21.6 Å². The van der Waals surface area contributed by atoms with E-state index in [-0.39, 0.29) is 24.8 Å². The number of benzene rings is 2. The summed E-state index contributed by atoms with van der Waals surface area (Å²) in [6, 6.07) is 18.5. The fraction of sp³-hybridized carbons (Fsp3) is 0.0952. The predicted molar refractivity (Wildman–Crippen MR) is 107 cm³/mol. The van der Waals surface area contributed by atoms with Crippen molar-refractivity contribution in [3.8, 4) is 11.8 Å². The third kappa shape index (κ3) is 5.80. The van der Waals surface area contributed by atoms with Crippen molar-refractivity contribution in [1.82, 2.24) is 10.3 Å². The number of aromatic nitrogens is 1. The molecular formula is C21H17N3O2S. The molecule has 5 nitrogen and oxygen atoms in total. The zero-order chi connectivity index (χ0) is 18.9. The largest absolute Gasteiger partial charge is 0.345 e. The highest BCUT2D eigenvalue weighted by molar-refractivity contribution is 7.14. The van der Waals surface area contributed by atoms with Crippen molar-refractivity contribution >= 4 is 28.3 Å². The molecule has 3 aromatic rings. The number of nitrogens with zero attached hydrogens (tertiary/aromatic N) is 1. The number of hydrogen-bond acceptors (Lipinski definition) is 4. The summed E-state index contributed by atoms with van der Waals surface area (Å²) in [7, 11) is 0. The van der Waals surface area contributed by atoms with Gasteiger partial charge in [-0.1, -0.05) is 48.2 Å². The topological polar surface area (TPSA) is 71.1 Å². The van der Waals surface area contributed by atoms with Crippen LogP contribution in [0.4, 0.5) is 5.13 Å². The van der Waals surface area contributed by atoms with Gasteiger partial charge in [0, 0.05) is 16.5 Å². The maximum absolute atomic E-state index is 12.1. The Hall–Kier alpha value is -3.43. The van der Waals surface area contributed by atoms with Crippen LogP contribution in [-0.2, 0) is 11.2 Å². The number of carbonyl (C=O) groups is 2. The summed E-state index contributed by atoms with van der Waals surface area (Å²) in [6.07, 6.45) is 0.144. The van der Waals surface area contributed by atoms with Crippen molar-refractivity contribution in [3.05, 3.63) is 82.9 Å². The molecule has 0 saturated heterocycles. The van der Waals surface area contributed by atoms with Gasteiger partial charge in [-0.3, -0.25) is 14.9 Å². The molecule has 2 amide bonds. The summed E-state index contributed by atoms with van der Waals surface area (Å²) in [5.74, 6) is 5.50. The Morgan fingerprint density at radius 3 is 2.44 bits per heavy atom. The summed E-state index contributed by atoms with van der Waals surface area (Å²) in [5.41, 5.74) is 2.07. The summed E-state index contributed by atoms with van der Waals surface area (Å²) in [5, 5.41) is 7.71. The van der Waals surface area contributed by atoms with Crippen molar-refractivity contribution in [2.45, 2.75) is 6.42 Å². The standard InChI is InChI=1S/C21H17N3O2S/c25-19(22-13-7-10-16-8-3-1-4-9-16)14-18-15-27-21(23-18)24-20(26)17-11-5-2-6-12-17/h1-6,8-9,11-12,15H,13-14H2,(H,22,25)(H,23,24,26). The molecule has 2 aromatic carbocycles. The Morgan fingerprint density at radius 1 is 1.00 bits per heavy atom. The van der Waals surface area contributed by atoms with E-state index >= 15 is 0 Å². The van der Waals surface area contributed by atoms with Gasteiger partial charge in [0.05, 0.1) is 18.7 Å². The lowest BCUT2D eigenvalue weighted by Crippen LogP contribution is -2.25. The van der Waals surface area contributed by atoms with E-state index < -0.39 is 0 Å². The molecule has 1 heterocycles. The summed E-state index contributed by atoms with van der Waals surface area (Å²) in [4.78, 5) is 28.4. The summed E-state index contributed by atoms with van der Waals surface area (Å²) < 4.78 is 0. The van der Waals surface area contributed by atoms with Gasteiger partial charge >= 0.3 is 0 Å². The van der Waals surface area contributed by atoms with Gasteiger partial charge in [0.2, 0.25) is 5.91 Å².